The Balaban J connectivity index is 1.38. The Labute approximate surface area is 183 Å². The summed E-state index contributed by atoms with van der Waals surface area (Å²) in [5, 5.41) is 3.04. The number of carbonyl (C=O) groups is 2. The number of benzene rings is 2. The van der Waals surface area contributed by atoms with Gasteiger partial charge in [-0.25, -0.2) is 4.98 Å². The molecule has 0 unspecified atom stereocenters. The molecule has 2 aromatic carbocycles. The van der Waals surface area contributed by atoms with E-state index in [1.165, 1.54) is 11.1 Å². The van der Waals surface area contributed by atoms with E-state index in [9.17, 15) is 9.59 Å². The van der Waals surface area contributed by atoms with Crippen LogP contribution >= 0.6 is 0 Å². The van der Waals surface area contributed by atoms with E-state index < -0.39 is 0 Å². The Morgan fingerprint density at radius 2 is 1.90 bits per heavy atom. The molecule has 0 bridgehead atoms. The first-order chi connectivity index (χ1) is 14.9. The van der Waals surface area contributed by atoms with Crippen LogP contribution in [-0.4, -0.2) is 39.8 Å². The molecule has 4 rings (SSSR count). The number of aromatic nitrogens is 2. The minimum absolute atomic E-state index is 0.0284. The maximum atomic E-state index is 12.6. The number of aryl methyl sites for hydroxylation is 2. The van der Waals surface area contributed by atoms with Gasteiger partial charge in [0, 0.05) is 31.6 Å². The number of piperidine rings is 1. The van der Waals surface area contributed by atoms with Crippen molar-refractivity contribution >= 4 is 22.8 Å². The van der Waals surface area contributed by atoms with Gasteiger partial charge in [-0.2, -0.15) is 0 Å². The molecule has 1 atom stereocenters. The molecule has 2 N–H and O–H groups in total. The van der Waals surface area contributed by atoms with Crippen molar-refractivity contribution in [2.75, 3.05) is 13.1 Å². The van der Waals surface area contributed by atoms with Crippen molar-refractivity contribution in [3.63, 3.8) is 0 Å². The highest BCUT2D eigenvalue weighted by atomic mass is 16.2. The van der Waals surface area contributed by atoms with Crippen LogP contribution in [0.15, 0.2) is 36.4 Å². The van der Waals surface area contributed by atoms with Gasteiger partial charge in [-0.15, -0.1) is 0 Å². The molecule has 6 heteroatoms. The van der Waals surface area contributed by atoms with Crippen molar-refractivity contribution in [3.8, 4) is 11.4 Å². The largest absolute Gasteiger partial charge is 0.352 e. The standard InChI is InChI=1S/C25H30N4O2/c1-4-23(30)29-11-5-6-20(15-29)25(31)26-14-18-7-9-19(10-8-18)24-27-21-12-16(2)17(3)13-22(21)28-24/h7-10,12-13,20H,4-6,11,14-15H2,1-3H3,(H,26,31)(H,27,28)/t20-/m1/s1. The minimum Gasteiger partial charge on any atom is -0.352 e. The molecule has 2 amide bonds. The van der Waals surface area contributed by atoms with Gasteiger partial charge in [-0.05, 0) is 55.5 Å². The number of imidazole rings is 1. The second kappa shape index (κ2) is 8.92. The van der Waals surface area contributed by atoms with E-state index in [4.69, 9.17) is 4.98 Å². The summed E-state index contributed by atoms with van der Waals surface area (Å²) in [5.41, 5.74) is 6.54. The van der Waals surface area contributed by atoms with E-state index in [-0.39, 0.29) is 17.7 Å². The number of H-pyrrole nitrogens is 1. The third-order valence-electron chi connectivity index (χ3n) is 6.24. The number of amides is 2. The lowest BCUT2D eigenvalue weighted by molar-refractivity contribution is -0.135. The Kier molecular flexibility index (Phi) is 6.07. The number of nitrogens with one attached hydrogen (secondary N) is 2. The lowest BCUT2D eigenvalue weighted by Gasteiger charge is -2.31. The monoisotopic (exact) mass is 418 g/mol. The van der Waals surface area contributed by atoms with Gasteiger partial charge < -0.3 is 15.2 Å². The lowest BCUT2D eigenvalue weighted by atomic mass is 9.96. The first-order valence-corrected chi connectivity index (χ1v) is 11.1. The summed E-state index contributed by atoms with van der Waals surface area (Å²) < 4.78 is 0. The van der Waals surface area contributed by atoms with Crippen LogP contribution in [0, 0.1) is 19.8 Å². The van der Waals surface area contributed by atoms with Crippen LogP contribution in [0.2, 0.25) is 0 Å². The molecule has 0 spiro atoms. The van der Waals surface area contributed by atoms with E-state index in [0.29, 0.717) is 19.5 Å². The highest BCUT2D eigenvalue weighted by Gasteiger charge is 2.27. The molecule has 3 aromatic rings. The van der Waals surface area contributed by atoms with Crippen molar-refractivity contribution in [2.45, 2.75) is 46.6 Å². The number of carbonyl (C=O) groups excluding carboxylic acids is 2. The van der Waals surface area contributed by atoms with Crippen LogP contribution in [0.1, 0.15) is 42.9 Å². The number of nitrogens with zero attached hydrogens (tertiary/aromatic N) is 2. The molecule has 0 saturated carbocycles. The zero-order valence-electron chi connectivity index (χ0n) is 18.5. The number of aromatic amines is 1. The van der Waals surface area contributed by atoms with E-state index in [2.05, 4.69) is 36.3 Å². The van der Waals surface area contributed by atoms with Crippen LogP contribution in [0.25, 0.3) is 22.4 Å². The summed E-state index contributed by atoms with van der Waals surface area (Å²) in [5.74, 6) is 0.883. The number of rotatable bonds is 5. The molecule has 1 aliphatic heterocycles. The van der Waals surface area contributed by atoms with Gasteiger partial charge >= 0.3 is 0 Å². The van der Waals surface area contributed by atoms with Gasteiger partial charge in [0.1, 0.15) is 5.82 Å². The van der Waals surface area contributed by atoms with Crippen LogP contribution in [0.3, 0.4) is 0 Å². The van der Waals surface area contributed by atoms with Gasteiger partial charge in [0.25, 0.3) is 0 Å². The van der Waals surface area contributed by atoms with Gasteiger partial charge in [0.15, 0.2) is 0 Å². The molecule has 6 nitrogen and oxygen atoms in total. The molecular formula is C25H30N4O2. The highest BCUT2D eigenvalue weighted by molar-refractivity contribution is 5.82. The summed E-state index contributed by atoms with van der Waals surface area (Å²) in [4.78, 5) is 34.5. The third kappa shape index (κ3) is 4.63. The van der Waals surface area contributed by atoms with Crippen LogP contribution in [0.4, 0.5) is 0 Å². The maximum absolute atomic E-state index is 12.6. The number of hydrogen-bond acceptors (Lipinski definition) is 3. The van der Waals surface area contributed by atoms with Crippen molar-refractivity contribution in [1.82, 2.24) is 20.2 Å². The van der Waals surface area contributed by atoms with E-state index >= 15 is 0 Å². The zero-order valence-corrected chi connectivity index (χ0v) is 18.5. The summed E-state index contributed by atoms with van der Waals surface area (Å²) >= 11 is 0. The fourth-order valence-corrected chi connectivity index (χ4v) is 4.16. The Bertz CT molecular complexity index is 1060. The fourth-order valence-electron chi connectivity index (χ4n) is 4.16. The van der Waals surface area contributed by atoms with Crippen LogP contribution in [0.5, 0.6) is 0 Å². The van der Waals surface area contributed by atoms with Gasteiger partial charge in [0.05, 0.1) is 17.0 Å². The topological polar surface area (TPSA) is 78.1 Å². The number of hydrogen-bond donors (Lipinski definition) is 2. The average molecular weight is 419 g/mol. The molecule has 1 fully saturated rings. The summed E-state index contributed by atoms with van der Waals surface area (Å²) in [6.07, 6.45) is 2.21. The molecule has 0 radical (unpaired) electrons. The molecule has 2 heterocycles. The van der Waals surface area contributed by atoms with E-state index in [1.54, 1.807) is 0 Å². The lowest BCUT2D eigenvalue weighted by Crippen LogP contribution is -2.45. The zero-order chi connectivity index (χ0) is 22.0. The molecule has 162 valence electrons. The van der Waals surface area contributed by atoms with Crippen LogP contribution < -0.4 is 5.32 Å². The first kappa shape index (κ1) is 21.1. The van der Waals surface area contributed by atoms with E-state index in [0.717, 1.165) is 47.4 Å². The molecule has 1 aliphatic rings. The predicted molar refractivity (Wildman–Crippen MR) is 122 cm³/mol. The predicted octanol–water partition coefficient (Wildman–Crippen LogP) is 4.11. The normalized spacial score (nSPS) is 16.5. The number of likely N-dealkylation sites (tertiary alicyclic amines) is 1. The molecule has 1 aromatic heterocycles. The quantitative estimate of drug-likeness (QED) is 0.654. The van der Waals surface area contributed by atoms with Crippen molar-refractivity contribution in [2.24, 2.45) is 5.92 Å². The van der Waals surface area contributed by atoms with Gasteiger partial charge in [-0.1, -0.05) is 31.2 Å². The second-order valence-corrected chi connectivity index (χ2v) is 8.49. The smallest absolute Gasteiger partial charge is 0.225 e. The first-order valence-electron chi connectivity index (χ1n) is 11.1. The van der Waals surface area contributed by atoms with Gasteiger partial charge in [-0.3, -0.25) is 9.59 Å². The minimum atomic E-state index is -0.119. The van der Waals surface area contributed by atoms with Gasteiger partial charge in [0.2, 0.25) is 11.8 Å². The van der Waals surface area contributed by atoms with Crippen molar-refractivity contribution in [3.05, 3.63) is 53.1 Å². The summed E-state index contributed by atoms with van der Waals surface area (Å²) in [6.45, 7) is 7.84. The Morgan fingerprint density at radius 1 is 1.16 bits per heavy atom. The average Bonchev–Trinajstić information content (AvgIpc) is 3.20. The molecule has 1 saturated heterocycles. The Morgan fingerprint density at radius 3 is 2.65 bits per heavy atom. The SMILES string of the molecule is CCC(=O)N1CCC[C@@H](C(=O)NCc2ccc(-c3nc4cc(C)c(C)cc4[nH]3)cc2)C1. The molecule has 0 aliphatic carbocycles. The molecular weight excluding hydrogens is 388 g/mol. The van der Waals surface area contributed by atoms with Crippen LogP contribution in [-0.2, 0) is 16.1 Å². The Hall–Kier alpha value is -3.15. The highest BCUT2D eigenvalue weighted by Crippen LogP contribution is 2.23. The second-order valence-electron chi connectivity index (χ2n) is 8.49. The maximum Gasteiger partial charge on any atom is 0.225 e. The summed E-state index contributed by atoms with van der Waals surface area (Å²) in [7, 11) is 0. The third-order valence-corrected chi connectivity index (χ3v) is 6.24. The fraction of sp³-hybridized carbons (Fsp3) is 0.400. The number of fused-ring (bicyclic) bond motifs is 1. The molecule has 31 heavy (non-hydrogen) atoms. The summed E-state index contributed by atoms with van der Waals surface area (Å²) in [6, 6.07) is 12.3. The van der Waals surface area contributed by atoms with E-state index in [1.807, 2.05) is 36.1 Å². The van der Waals surface area contributed by atoms with Crippen molar-refractivity contribution in [1.29, 1.82) is 0 Å². The van der Waals surface area contributed by atoms with Crippen molar-refractivity contribution < 1.29 is 9.59 Å².